The Hall–Kier alpha value is -2.63. The average molecular weight is 328 g/mol. The van der Waals surface area contributed by atoms with E-state index in [1.165, 1.54) is 6.20 Å². The van der Waals surface area contributed by atoms with Crippen molar-refractivity contribution in [3.05, 3.63) is 35.0 Å². The number of hydrogen-bond acceptors (Lipinski definition) is 5. The first-order chi connectivity index (χ1) is 11.4. The molecular formula is C18H20N2O4. The molecule has 2 aromatic rings. The van der Waals surface area contributed by atoms with E-state index in [1.807, 2.05) is 30.9 Å². The number of esters is 1. The largest absolute Gasteiger partial charge is 0.481 e. The summed E-state index contributed by atoms with van der Waals surface area (Å²) in [5, 5.41) is 9.98. The second-order valence-electron chi connectivity index (χ2n) is 6.08. The van der Waals surface area contributed by atoms with Crippen LogP contribution < -0.4 is 4.90 Å². The highest BCUT2D eigenvalue weighted by molar-refractivity contribution is 6.06. The number of hydrogen-bond donors (Lipinski definition) is 1. The SMILES string of the molecule is CCOC(=O)c1cnc2c(C)c(C)ccc2c1N1CC(C(=O)O)C1. The van der Waals surface area contributed by atoms with Gasteiger partial charge in [-0.25, -0.2) is 4.79 Å². The number of aromatic nitrogens is 1. The second kappa shape index (κ2) is 6.11. The third kappa shape index (κ3) is 2.58. The van der Waals surface area contributed by atoms with E-state index in [1.54, 1.807) is 6.92 Å². The van der Waals surface area contributed by atoms with E-state index in [2.05, 4.69) is 4.98 Å². The molecule has 126 valence electrons. The van der Waals surface area contributed by atoms with Gasteiger partial charge in [0.15, 0.2) is 0 Å². The predicted octanol–water partition coefficient (Wildman–Crippen LogP) is 2.55. The molecule has 1 fully saturated rings. The topological polar surface area (TPSA) is 79.7 Å². The van der Waals surface area contributed by atoms with E-state index in [-0.39, 0.29) is 6.61 Å². The molecule has 0 spiro atoms. The molecule has 1 aromatic heterocycles. The summed E-state index contributed by atoms with van der Waals surface area (Å²) >= 11 is 0. The summed E-state index contributed by atoms with van der Waals surface area (Å²) in [6.45, 7) is 6.81. The third-order valence-electron chi connectivity index (χ3n) is 4.58. The van der Waals surface area contributed by atoms with Gasteiger partial charge in [-0.15, -0.1) is 0 Å². The van der Waals surface area contributed by atoms with Crippen LogP contribution in [0.25, 0.3) is 10.9 Å². The van der Waals surface area contributed by atoms with E-state index in [4.69, 9.17) is 9.84 Å². The monoisotopic (exact) mass is 328 g/mol. The van der Waals surface area contributed by atoms with Gasteiger partial charge >= 0.3 is 11.9 Å². The van der Waals surface area contributed by atoms with Crippen LogP contribution in [0.5, 0.6) is 0 Å². The lowest BCUT2D eigenvalue weighted by Crippen LogP contribution is -2.51. The van der Waals surface area contributed by atoms with Crippen LogP contribution >= 0.6 is 0 Å². The maximum absolute atomic E-state index is 12.3. The van der Waals surface area contributed by atoms with Crippen LogP contribution in [0.2, 0.25) is 0 Å². The lowest BCUT2D eigenvalue weighted by molar-refractivity contribution is -0.142. The van der Waals surface area contributed by atoms with Crippen LogP contribution in [0, 0.1) is 19.8 Å². The molecule has 1 aromatic carbocycles. The van der Waals surface area contributed by atoms with E-state index in [0.29, 0.717) is 18.7 Å². The highest BCUT2D eigenvalue weighted by atomic mass is 16.5. The van der Waals surface area contributed by atoms with Crippen molar-refractivity contribution < 1.29 is 19.4 Å². The molecular weight excluding hydrogens is 308 g/mol. The molecule has 0 aliphatic carbocycles. The number of nitrogens with zero attached hydrogens (tertiary/aromatic N) is 2. The molecule has 0 bridgehead atoms. The zero-order valence-corrected chi connectivity index (χ0v) is 14.0. The standard InChI is InChI=1S/C18H20N2O4/c1-4-24-18(23)14-7-19-15-11(3)10(2)5-6-13(15)16(14)20-8-12(9-20)17(21)22/h5-7,12H,4,8-9H2,1-3H3,(H,21,22). The highest BCUT2D eigenvalue weighted by Crippen LogP contribution is 2.36. The zero-order chi connectivity index (χ0) is 17.4. The summed E-state index contributed by atoms with van der Waals surface area (Å²) in [4.78, 5) is 29.8. The minimum atomic E-state index is -0.811. The van der Waals surface area contributed by atoms with E-state index in [9.17, 15) is 9.59 Å². The molecule has 0 atom stereocenters. The minimum absolute atomic E-state index is 0.279. The Morgan fingerprint density at radius 2 is 2.04 bits per heavy atom. The fourth-order valence-electron chi connectivity index (χ4n) is 3.01. The number of aliphatic carboxylic acids is 1. The van der Waals surface area contributed by atoms with Crippen LogP contribution in [0.1, 0.15) is 28.4 Å². The first-order valence-corrected chi connectivity index (χ1v) is 7.97. The van der Waals surface area contributed by atoms with Gasteiger partial charge in [-0.2, -0.15) is 0 Å². The normalized spacial score (nSPS) is 14.5. The first kappa shape index (κ1) is 16.2. The fourth-order valence-corrected chi connectivity index (χ4v) is 3.01. The molecule has 1 aliphatic rings. The summed E-state index contributed by atoms with van der Waals surface area (Å²) in [6.07, 6.45) is 1.54. The number of carbonyl (C=O) groups excluding carboxylic acids is 1. The van der Waals surface area contributed by atoms with Gasteiger partial charge < -0.3 is 14.7 Å². The number of carboxylic acids is 1. The molecule has 0 saturated carbocycles. The molecule has 0 unspecified atom stereocenters. The summed E-state index contributed by atoms with van der Waals surface area (Å²) in [5.74, 6) is -1.65. The van der Waals surface area contributed by atoms with Crippen molar-refractivity contribution in [1.29, 1.82) is 0 Å². The second-order valence-corrected chi connectivity index (χ2v) is 6.08. The van der Waals surface area contributed by atoms with Crippen molar-refractivity contribution in [1.82, 2.24) is 4.98 Å². The van der Waals surface area contributed by atoms with Crippen LogP contribution in [0.3, 0.4) is 0 Å². The van der Waals surface area contributed by atoms with Crippen LogP contribution in [-0.2, 0) is 9.53 Å². The number of anilines is 1. The Kier molecular flexibility index (Phi) is 4.13. The van der Waals surface area contributed by atoms with Gasteiger partial charge in [-0.3, -0.25) is 9.78 Å². The summed E-state index contributed by atoms with van der Waals surface area (Å²) < 4.78 is 5.14. The molecule has 1 saturated heterocycles. The maximum atomic E-state index is 12.3. The molecule has 0 amide bonds. The van der Waals surface area contributed by atoms with Crippen molar-refractivity contribution in [3.8, 4) is 0 Å². The van der Waals surface area contributed by atoms with Crippen molar-refractivity contribution in [2.24, 2.45) is 5.92 Å². The zero-order valence-electron chi connectivity index (χ0n) is 14.0. The smallest absolute Gasteiger partial charge is 0.341 e. The predicted molar refractivity (Wildman–Crippen MR) is 90.5 cm³/mol. The molecule has 6 heteroatoms. The van der Waals surface area contributed by atoms with Crippen LogP contribution in [0.15, 0.2) is 18.3 Å². The number of rotatable bonds is 4. The van der Waals surface area contributed by atoms with Crippen molar-refractivity contribution in [2.75, 3.05) is 24.6 Å². The number of carbonyl (C=O) groups is 2. The molecule has 6 nitrogen and oxygen atoms in total. The Morgan fingerprint density at radius 3 is 2.67 bits per heavy atom. The van der Waals surface area contributed by atoms with Crippen LogP contribution in [-0.4, -0.2) is 41.7 Å². The fraction of sp³-hybridized carbons (Fsp3) is 0.389. The van der Waals surface area contributed by atoms with Gasteiger partial charge in [-0.05, 0) is 31.9 Å². The van der Waals surface area contributed by atoms with Crippen LogP contribution in [0.4, 0.5) is 5.69 Å². The van der Waals surface area contributed by atoms with Crippen molar-refractivity contribution in [3.63, 3.8) is 0 Å². The highest BCUT2D eigenvalue weighted by Gasteiger charge is 2.36. The number of pyridine rings is 1. The minimum Gasteiger partial charge on any atom is -0.481 e. The number of ether oxygens (including phenoxy) is 1. The Morgan fingerprint density at radius 1 is 1.33 bits per heavy atom. The lowest BCUT2D eigenvalue weighted by atomic mass is 9.95. The summed E-state index contributed by atoms with van der Waals surface area (Å²) in [6, 6.07) is 3.93. The Labute approximate surface area is 140 Å². The quantitative estimate of drug-likeness (QED) is 0.869. The van der Waals surface area contributed by atoms with Gasteiger partial charge in [0.05, 0.1) is 23.7 Å². The number of benzene rings is 1. The van der Waals surface area contributed by atoms with E-state index in [0.717, 1.165) is 27.7 Å². The molecule has 3 rings (SSSR count). The molecule has 2 heterocycles. The van der Waals surface area contributed by atoms with Gasteiger partial charge in [0.1, 0.15) is 5.56 Å². The number of aryl methyl sites for hydroxylation is 2. The first-order valence-electron chi connectivity index (χ1n) is 7.97. The Balaban J connectivity index is 2.14. The van der Waals surface area contributed by atoms with Gasteiger partial charge in [0.25, 0.3) is 0 Å². The third-order valence-corrected chi connectivity index (χ3v) is 4.58. The number of fused-ring (bicyclic) bond motifs is 1. The van der Waals surface area contributed by atoms with Gasteiger partial charge in [0, 0.05) is 24.7 Å². The van der Waals surface area contributed by atoms with E-state index < -0.39 is 17.9 Å². The van der Waals surface area contributed by atoms with Crippen molar-refractivity contribution >= 4 is 28.5 Å². The van der Waals surface area contributed by atoms with E-state index >= 15 is 0 Å². The average Bonchev–Trinajstić information content (AvgIpc) is 2.49. The molecule has 1 aliphatic heterocycles. The lowest BCUT2D eigenvalue weighted by Gasteiger charge is -2.40. The Bertz CT molecular complexity index is 825. The molecule has 1 N–H and O–H groups in total. The molecule has 0 radical (unpaired) electrons. The van der Waals surface area contributed by atoms with Crippen molar-refractivity contribution in [2.45, 2.75) is 20.8 Å². The molecule has 24 heavy (non-hydrogen) atoms. The van der Waals surface area contributed by atoms with Gasteiger partial charge in [-0.1, -0.05) is 12.1 Å². The summed E-state index contributed by atoms with van der Waals surface area (Å²) in [7, 11) is 0. The summed E-state index contributed by atoms with van der Waals surface area (Å²) in [5.41, 5.74) is 4.11. The van der Waals surface area contributed by atoms with Gasteiger partial charge in [0.2, 0.25) is 0 Å². The maximum Gasteiger partial charge on any atom is 0.341 e. The number of carboxylic acid groups (broad SMARTS) is 1.